The molecule has 0 aliphatic carbocycles. The van der Waals surface area contributed by atoms with Gasteiger partial charge in [-0.05, 0) is 18.4 Å². The molecule has 0 amide bonds. The van der Waals surface area contributed by atoms with E-state index in [-0.39, 0.29) is 5.97 Å². The molecule has 15 heavy (non-hydrogen) atoms. The Morgan fingerprint density at radius 1 is 1.60 bits per heavy atom. The molecule has 2 aromatic heterocycles. The maximum absolute atomic E-state index is 11.4. The number of nitrogens with zero attached hydrogens (tertiary/aromatic N) is 2. The molecule has 0 aliphatic rings. The predicted octanol–water partition coefficient (Wildman–Crippen LogP) is 1.63. The molecule has 5 nitrogen and oxygen atoms in total. The smallest absolute Gasteiger partial charge is 0.339 e. The van der Waals surface area contributed by atoms with Gasteiger partial charge in [0.25, 0.3) is 0 Å². The number of hydrogen-bond acceptors (Lipinski definition) is 5. The fraction of sp³-hybridized carbons (Fsp3) is 0.222. The molecule has 6 heteroatoms. The first-order valence-corrected chi connectivity index (χ1v) is 5.15. The first kappa shape index (κ1) is 9.85. The van der Waals surface area contributed by atoms with E-state index in [1.54, 1.807) is 6.07 Å². The topological polar surface area (TPSA) is 67.9 Å². The molecule has 2 rings (SSSR count). The zero-order chi connectivity index (χ0) is 10.8. The van der Waals surface area contributed by atoms with E-state index in [1.165, 1.54) is 18.4 Å². The van der Waals surface area contributed by atoms with Crippen LogP contribution in [0.1, 0.15) is 16.2 Å². The molecule has 0 radical (unpaired) electrons. The second-order valence-electron chi connectivity index (χ2n) is 2.90. The van der Waals surface area contributed by atoms with E-state index in [1.807, 2.05) is 12.3 Å². The maximum Gasteiger partial charge on any atom is 0.339 e. The predicted molar refractivity (Wildman–Crippen MR) is 55.8 cm³/mol. The van der Waals surface area contributed by atoms with E-state index in [9.17, 15) is 4.79 Å². The van der Waals surface area contributed by atoms with Gasteiger partial charge in [0.1, 0.15) is 5.82 Å². The zero-order valence-corrected chi connectivity index (χ0v) is 9.09. The first-order chi connectivity index (χ1) is 7.22. The summed E-state index contributed by atoms with van der Waals surface area (Å²) < 4.78 is 4.67. The average Bonchev–Trinajstić information content (AvgIpc) is 2.84. The molecule has 78 valence electrons. The SMILES string of the molecule is COC(=O)c1ccsc1-c1n[nH]c(C)n1. The minimum absolute atomic E-state index is 0.367. The summed E-state index contributed by atoms with van der Waals surface area (Å²) in [6.45, 7) is 1.81. The fourth-order valence-corrected chi connectivity index (χ4v) is 2.01. The average molecular weight is 223 g/mol. The second-order valence-corrected chi connectivity index (χ2v) is 3.82. The molecule has 0 aromatic carbocycles. The Morgan fingerprint density at radius 3 is 3.00 bits per heavy atom. The monoisotopic (exact) mass is 223 g/mol. The molecule has 0 saturated carbocycles. The van der Waals surface area contributed by atoms with Gasteiger partial charge in [-0.2, -0.15) is 5.10 Å². The van der Waals surface area contributed by atoms with Crippen molar-refractivity contribution in [3.63, 3.8) is 0 Å². The number of carbonyl (C=O) groups is 1. The standard InChI is InChI=1S/C9H9N3O2S/c1-5-10-8(12-11-5)7-6(3-4-15-7)9(13)14-2/h3-4H,1-2H3,(H,10,11,12). The van der Waals surface area contributed by atoms with Crippen LogP contribution in [-0.4, -0.2) is 28.3 Å². The third kappa shape index (κ3) is 1.75. The number of hydrogen-bond donors (Lipinski definition) is 1. The molecule has 2 heterocycles. The van der Waals surface area contributed by atoms with Gasteiger partial charge in [-0.15, -0.1) is 11.3 Å². The van der Waals surface area contributed by atoms with E-state index in [0.29, 0.717) is 17.2 Å². The molecule has 0 unspecified atom stereocenters. The van der Waals surface area contributed by atoms with E-state index < -0.39 is 0 Å². The van der Waals surface area contributed by atoms with Gasteiger partial charge in [-0.25, -0.2) is 9.78 Å². The quantitative estimate of drug-likeness (QED) is 0.786. The molecular weight excluding hydrogens is 214 g/mol. The van der Waals surface area contributed by atoms with E-state index in [0.717, 1.165) is 4.88 Å². The van der Waals surface area contributed by atoms with Gasteiger partial charge >= 0.3 is 5.97 Å². The van der Waals surface area contributed by atoms with Crippen LogP contribution in [0.25, 0.3) is 10.7 Å². The zero-order valence-electron chi connectivity index (χ0n) is 8.27. The van der Waals surface area contributed by atoms with Gasteiger partial charge < -0.3 is 4.74 Å². The number of carbonyl (C=O) groups excluding carboxylic acids is 1. The molecular formula is C9H9N3O2S. The van der Waals surface area contributed by atoms with Crippen molar-refractivity contribution in [3.8, 4) is 10.7 Å². The van der Waals surface area contributed by atoms with Gasteiger partial charge in [-0.3, -0.25) is 5.10 Å². The van der Waals surface area contributed by atoms with E-state index in [2.05, 4.69) is 19.9 Å². The molecule has 0 fully saturated rings. The van der Waals surface area contributed by atoms with Crippen LogP contribution in [0.5, 0.6) is 0 Å². The Hall–Kier alpha value is -1.69. The first-order valence-electron chi connectivity index (χ1n) is 4.27. The van der Waals surface area contributed by atoms with Crippen molar-refractivity contribution in [1.82, 2.24) is 15.2 Å². The van der Waals surface area contributed by atoms with Crippen LogP contribution >= 0.6 is 11.3 Å². The number of thiophene rings is 1. The highest BCUT2D eigenvalue weighted by molar-refractivity contribution is 7.13. The van der Waals surface area contributed by atoms with Gasteiger partial charge in [-0.1, -0.05) is 0 Å². The molecule has 0 aliphatic heterocycles. The third-order valence-electron chi connectivity index (χ3n) is 1.87. The summed E-state index contributed by atoms with van der Waals surface area (Å²) in [6, 6.07) is 1.71. The lowest BCUT2D eigenvalue weighted by Gasteiger charge is -1.97. The highest BCUT2D eigenvalue weighted by atomic mass is 32.1. The van der Waals surface area contributed by atoms with Crippen molar-refractivity contribution in [2.45, 2.75) is 6.92 Å². The molecule has 1 N–H and O–H groups in total. The number of rotatable bonds is 2. The number of aromatic amines is 1. The summed E-state index contributed by atoms with van der Waals surface area (Å²) >= 11 is 1.41. The summed E-state index contributed by atoms with van der Waals surface area (Å²) in [5, 5.41) is 8.55. The Morgan fingerprint density at radius 2 is 2.40 bits per heavy atom. The fourth-order valence-electron chi connectivity index (χ4n) is 1.20. The number of aryl methyl sites for hydroxylation is 1. The van der Waals surface area contributed by atoms with Crippen molar-refractivity contribution in [1.29, 1.82) is 0 Å². The molecule has 2 aromatic rings. The Bertz CT molecular complexity index is 489. The lowest BCUT2D eigenvalue weighted by molar-refractivity contribution is 0.0602. The normalized spacial score (nSPS) is 10.3. The minimum atomic E-state index is -0.367. The van der Waals surface area contributed by atoms with Crippen LogP contribution in [0, 0.1) is 6.92 Å². The van der Waals surface area contributed by atoms with Gasteiger partial charge in [0.2, 0.25) is 0 Å². The van der Waals surface area contributed by atoms with E-state index >= 15 is 0 Å². The number of H-pyrrole nitrogens is 1. The highest BCUT2D eigenvalue weighted by Crippen LogP contribution is 2.27. The third-order valence-corrected chi connectivity index (χ3v) is 2.78. The Labute approximate surface area is 90.1 Å². The number of aromatic nitrogens is 3. The van der Waals surface area contributed by atoms with Crippen molar-refractivity contribution in [2.75, 3.05) is 7.11 Å². The minimum Gasteiger partial charge on any atom is -0.465 e. The van der Waals surface area contributed by atoms with Crippen LogP contribution in [0.2, 0.25) is 0 Å². The molecule has 0 spiro atoms. The summed E-state index contributed by atoms with van der Waals surface area (Å²) in [4.78, 5) is 16.3. The van der Waals surface area contributed by atoms with Crippen LogP contribution in [-0.2, 0) is 4.74 Å². The maximum atomic E-state index is 11.4. The van der Waals surface area contributed by atoms with Crippen molar-refractivity contribution in [2.24, 2.45) is 0 Å². The molecule has 0 saturated heterocycles. The second kappa shape index (κ2) is 3.82. The van der Waals surface area contributed by atoms with E-state index in [4.69, 9.17) is 0 Å². The lowest BCUT2D eigenvalue weighted by Crippen LogP contribution is -2.01. The van der Waals surface area contributed by atoms with Crippen molar-refractivity contribution >= 4 is 17.3 Å². The highest BCUT2D eigenvalue weighted by Gasteiger charge is 2.17. The number of methoxy groups -OCH3 is 1. The molecule has 0 atom stereocenters. The number of esters is 1. The number of nitrogens with one attached hydrogen (secondary N) is 1. The Balaban J connectivity index is 2.45. The van der Waals surface area contributed by atoms with Crippen LogP contribution in [0.3, 0.4) is 0 Å². The van der Waals surface area contributed by atoms with Crippen LogP contribution in [0.4, 0.5) is 0 Å². The van der Waals surface area contributed by atoms with Gasteiger partial charge in [0.05, 0.1) is 17.6 Å². The van der Waals surface area contributed by atoms with Crippen LogP contribution < -0.4 is 0 Å². The van der Waals surface area contributed by atoms with Crippen molar-refractivity contribution in [3.05, 3.63) is 22.8 Å². The summed E-state index contributed by atoms with van der Waals surface area (Å²) in [7, 11) is 1.35. The number of ether oxygens (including phenoxy) is 1. The van der Waals surface area contributed by atoms with Crippen LogP contribution in [0.15, 0.2) is 11.4 Å². The largest absolute Gasteiger partial charge is 0.465 e. The Kier molecular flexibility index (Phi) is 2.51. The summed E-state index contributed by atoms with van der Waals surface area (Å²) in [6.07, 6.45) is 0. The van der Waals surface area contributed by atoms with Crippen molar-refractivity contribution < 1.29 is 9.53 Å². The lowest BCUT2D eigenvalue weighted by atomic mass is 10.2. The molecule has 0 bridgehead atoms. The van der Waals surface area contributed by atoms with Gasteiger partial charge in [0.15, 0.2) is 5.82 Å². The summed E-state index contributed by atoms with van der Waals surface area (Å²) in [5.74, 6) is 0.880. The van der Waals surface area contributed by atoms with Gasteiger partial charge in [0, 0.05) is 0 Å². The summed E-state index contributed by atoms with van der Waals surface area (Å²) in [5.41, 5.74) is 0.501.